The maximum atomic E-state index is 11.7. The number of rotatable bonds is 4. The van der Waals surface area contributed by atoms with Gasteiger partial charge in [0, 0.05) is 0 Å². The lowest BCUT2D eigenvalue weighted by molar-refractivity contribution is 0.0483. The molecular formula is C12H22N2O3Si. The molecule has 0 saturated carbocycles. The molecule has 5 nitrogen and oxygen atoms in total. The molecule has 0 amide bonds. The van der Waals surface area contributed by atoms with Gasteiger partial charge in [0.25, 0.3) is 8.32 Å². The Balaban J connectivity index is 2.93. The van der Waals surface area contributed by atoms with Crippen molar-refractivity contribution in [1.29, 1.82) is 0 Å². The smallest absolute Gasteiger partial charge is 0.360 e. The zero-order chi connectivity index (χ0) is 14.0. The molecule has 102 valence electrons. The molecule has 1 aromatic rings. The minimum Gasteiger partial charge on any atom is -0.461 e. The van der Waals surface area contributed by atoms with Crippen LogP contribution >= 0.6 is 0 Å². The summed E-state index contributed by atoms with van der Waals surface area (Å²) in [4.78, 5) is 13.0. The van der Waals surface area contributed by atoms with Gasteiger partial charge in [-0.2, -0.15) is 0 Å². The Morgan fingerprint density at radius 2 is 2.06 bits per heavy atom. The molecule has 0 aromatic carbocycles. The van der Waals surface area contributed by atoms with Crippen molar-refractivity contribution < 1.29 is 14.1 Å². The van der Waals surface area contributed by atoms with Crippen molar-refractivity contribution in [3.63, 3.8) is 0 Å². The molecule has 0 aliphatic rings. The van der Waals surface area contributed by atoms with Crippen molar-refractivity contribution in [2.45, 2.75) is 45.8 Å². The topological polar surface area (TPSA) is 53.3 Å². The molecule has 0 spiro atoms. The fourth-order valence-electron chi connectivity index (χ4n) is 1.07. The largest absolute Gasteiger partial charge is 0.461 e. The minimum absolute atomic E-state index is 0.0465. The van der Waals surface area contributed by atoms with Gasteiger partial charge < -0.3 is 9.26 Å². The third-order valence-corrected chi connectivity index (χ3v) is 7.46. The highest BCUT2D eigenvalue weighted by Gasteiger charge is 2.41. The second kappa shape index (κ2) is 5.13. The number of nitrogens with zero attached hydrogens (tertiary/aromatic N) is 2. The van der Waals surface area contributed by atoms with Crippen LogP contribution in [0.1, 0.15) is 38.2 Å². The molecule has 0 aliphatic carbocycles. The van der Waals surface area contributed by atoms with Crippen LogP contribution in [0.5, 0.6) is 0 Å². The van der Waals surface area contributed by atoms with E-state index >= 15 is 0 Å². The summed E-state index contributed by atoms with van der Waals surface area (Å²) in [6.45, 7) is 12.7. The van der Waals surface area contributed by atoms with Gasteiger partial charge in [0.1, 0.15) is 0 Å². The summed E-state index contributed by atoms with van der Waals surface area (Å²) in [5.41, 5.74) is 0.335. The Hall–Kier alpha value is -1.30. The monoisotopic (exact) mass is 270 g/mol. The number of carbonyl (C=O) groups is 1. The molecule has 0 atom stereocenters. The van der Waals surface area contributed by atoms with Crippen LogP contribution in [0.3, 0.4) is 0 Å². The Labute approximate surface area is 109 Å². The fraction of sp³-hybridized carbons (Fsp3) is 0.667. The number of carbonyl (C=O) groups excluding carboxylic acids is 1. The zero-order valence-electron chi connectivity index (χ0n) is 12.0. The van der Waals surface area contributed by atoms with E-state index in [2.05, 4.69) is 39.0 Å². The highest BCUT2D eigenvalue weighted by Crippen LogP contribution is 2.34. The van der Waals surface area contributed by atoms with E-state index < -0.39 is 14.3 Å². The van der Waals surface area contributed by atoms with E-state index in [1.807, 2.05) is 0 Å². The first-order valence-electron chi connectivity index (χ1n) is 6.09. The predicted octanol–water partition coefficient (Wildman–Crippen LogP) is 2.49. The summed E-state index contributed by atoms with van der Waals surface area (Å²) >= 11 is 0. The van der Waals surface area contributed by atoms with Gasteiger partial charge in [0.05, 0.1) is 12.8 Å². The van der Waals surface area contributed by atoms with Crippen LogP contribution in [0.15, 0.2) is 12.3 Å². The average molecular weight is 270 g/mol. The number of ether oxygens (including phenoxy) is 1. The first-order chi connectivity index (χ1) is 8.19. The van der Waals surface area contributed by atoms with Gasteiger partial charge in [-0.3, -0.25) is 0 Å². The van der Waals surface area contributed by atoms with E-state index in [4.69, 9.17) is 9.26 Å². The van der Waals surface area contributed by atoms with Crippen LogP contribution in [-0.4, -0.2) is 30.8 Å². The van der Waals surface area contributed by atoms with Gasteiger partial charge in [0.2, 0.25) is 0 Å². The Kier molecular flexibility index (Phi) is 4.21. The molecule has 0 radical (unpaired) electrons. The van der Waals surface area contributed by atoms with Gasteiger partial charge in [0.15, 0.2) is 5.69 Å². The van der Waals surface area contributed by atoms with E-state index in [1.165, 1.54) is 4.85 Å². The lowest BCUT2D eigenvalue weighted by Gasteiger charge is -2.35. The van der Waals surface area contributed by atoms with Crippen molar-refractivity contribution in [2.24, 2.45) is 0 Å². The number of hydrogen-bond acceptors (Lipinski definition) is 4. The fourth-order valence-corrected chi connectivity index (χ4v) is 1.92. The van der Waals surface area contributed by atoms with Crippen LogP contribution in [0.2, 0.25) is 18.1 Å². The zero-order valence-corrected chi connectivity index (χ0v) is 13.0. The van der Waals surface area contributed by atoms with Crippen molar-refractivity contribution in [3.8, 4) is 0 Å². The second-order valence-electron chi connectivity index (χ2n) is 5.66. The normalized spacial score (nSPS) is 12.3. The molecule has 6 heteroatoms. The molecule has 1 heterocycles. The van der Waals surface area contributed by atoms with Gasteiger partial charge in [-0.25, -0.2) is 4.79 Å². The number of aromatic nitrogens is 2. The van der Waals surface area contributed by atoms with Crippen LogP contribution in [0.4, 0.5) is 0 Å². The summed E-state index contributed by atoms with van der Waals surface area (Å²) in [5, 5.41) is 4.09. The maximum absolute atomic E-state index is 11.7. The van der Waals surface area contributed by atoms with Crippen LogP contribution in [-0.2, 0) is 4.74 Å². The summed E-state index contributed by atoms with van der Waals surface area (Å²) in [6, 6.07) is 1.60. The van der Waals surface area contributed by atoms with Crippen molar-refractivity contribution in [2.75, 3.05) is 6.61 Å². The van der Waals surface area contributed by atoms with Crippen molar-refractivity contribution in [1.82, 2.24) is 9.94 Å². The third kappa shape index (κ3) is 3.13. The Morgan fingerprint density at radius 3 is 2.56 bits per heavy atom. The van der Waals surface area contributed by atoms with Crippen molar-refractivity contribution in [3.05, 3.63) is 18.0 Å². The molecular weight excluding hydrogens is 248 g/mol. The van der Waals surface area contributed by atoms with E-state index in [1.54, 1.807) is 19.2 Å². The first kappa shape index (κ1) is 14.8. The van der Waals surface area contributed by atoms with Gasteiger partial charge >= 0.3 is 5.97 Å². The molecule has 0 fully saturated rings. The minimum atomic E-state index is -2.02. The summed E-state index contributed by atoms with van der Waals surface area (Å²) in [6.07, 6.45) is 1.54. The summed E-state index contributed by atoms with van der Waals surface area (Å²) in [7, 11) is -2.02. The Morgan fingerprint density at radius 1 is 1.44 bits per heavy atom. The number of hydrogen-bond donors (Lipinski definition) is 0. The van der Waals surface area contributed by atoms with E-state index in [-0.39, 0.29) is 5.04 Å². The first-order valence-corrected chi connectivity index (χ1v) is 9.00. The molecule has 0 aliphatic heterocycles. The van der Waals surface area contributed by atoms with E-state index in [9.17, 15) is 4.79 Å². The molecule has 0 N–H and O–H groups in total. The van der Waals surface area contributed by atoms with Gasteiger partial charge in [-0.05, 0) is 31.1 Å². The van der Waals surface area contributed by atoms with Gasteiger partial charge in [-0.1, -0.05) is 20.8 Å². The van der Waals surface area contributed by atoms with Gasteiger partial charge in [-0.15, -0.1) is 9.94 Å². The summed E-state index contributed by atoms with van der Waals surface area (Å²) < 4.78 is 10.9. The highest BCUT2D eigenvalue weighted by atomic mass is 28.4. The second-order valence-corrected chi connectivity index (χ2v) is 10.4. The van der Waals surface area contributed by atoms with Crippen LogP contribution in [0.25, 0.3) is 0 Å². The molecule has 1 aromatic heterocycles. The predicted molar refractivity (Wildman–Crippen MR) is 72.0 cm³/mol. The maximum Gasteiger partial charge on any atom is 0.360 e. The van der Waals surface area contributed by atoms with E-state index in [0.717, 1.165) is 0 Å². The van der Waals surface area contributed by atoms with Crippen molar-refractivity contribution >= 4 is 14.3 Å². The Bertz CT molecular complexity index is 421. The molecule has 1 rings (SSSR count). The van der Waals surface area contributed by atoms with Crippen LogP contribution in [0, 0.1) is 0 Å². The quantitative estimate of drug-likeness (QED) is 0.623. The lowest BCUT2D eigenvalue weighted by Crippen LogP contribution is -2.49. The molecule has 0 bridgehead atoms. The molecule has 0 saturated heterocycles. The summed E-state index contributed by atoms with van der Waals surface area (Å²) in [5.74, 6) is -0.409. The molecule has 18 heavy (non-hydrogen) atoms. The lowest BCUT2D eigenvalue weighted by atomic mass is 10.2. The third-order valence-electron chi connectivity index (χ3n) is 3.22. The highest BCUT2D eigenvalue weighted by molar-refractivity contribution is 6.74. The van der Waals surface area contributed by atoms with Crippen LogP contribution < -0.4 is 4.53 Å². The number of esters is 1. The SMILES string of the molecule is CCOC(=O)c1ccnn1O[Si](C)(C)C(C)(C)C. The molecule has 0 unspecified atom stereocenters. The standard InChI is InChI=1S/C12H22N2O3Si/c1-7-16-11(15)10-8-9-13-14(10)17-18(5,6)12(2,3)4/h8-9H,7H2,1-6H3. The van der Waals surface area contributed by atoms with E-state index in [0.29, 0.717) is 12.3 Å². The average Bonchev–Trinajstić information content (AvgIpc) is 2.63.